The van der Waals surface area contributed by atoms with Crippen molar-refractivity contribution in [3.05, 3.63) is 69.5 Å². The lowest BCUT2D eigenvalue weighted by atomic mass is 10.1. The molecule has 5 heterocycles. The summed E-state index contributed by atoms with van der Waals surface area (Å²) in [6.45, 7) is 9.59. The molecule has 0 amide bonds. The third-order valence-electron chi connectivity index (χ3n) is 6.40. The fraction of sp³-hybridized carbons (Fsp3) is 0.292. The van der Waals surface area contributed by atoms with E-state index in [1.54, 1.807) is 0 Å². The number of H-pyrrole nitrogens is 2. The molecule has 0 spiro atoms. The van der Waals surface area contributed by atoms with E-state index in [1.807, 2.05) is 0 Å². The highest BCUT2D eigenvalue weighted by Gasteiger charge is 2.15. The Morgan fingerprint density at radius 2 is 1.21 bits per heavy atom. The molecule has 0 saturated carbocycles. The van der Waals surface area contributed by atoms with Gasteiger partial charge < -0.3 is 15.3 Å². The van der Waals surface area contributed by atoms with Crippen LogP contribution in [0.5, 0.6) is 0 Å². The number of aryl methyl sites for hydroxylation is 5. The van der Waals surface area contributed by atoms with Gasteiger partial charge in [0.25, 0.3) is 0 Å². The summed E-state index contributed by atoms with van der Waals surface area (Å²) < 4.78 is 0. The predicted molar refractivity (Wildman–Crippen MR) is 117 cm³/mol. The molecule has 28 heavy (non-hydrogen) atoms. The molecule has 3 aromatic heterocycles. The lowest BCUT2D eigenvalue weighted by molar-refractivity contribution is 1.00. The third kappa shape index (κ3) is 2.63. The highest BCUT2D eigenvalue weighted by molar-refractivity contribution is 5.76. The van der Waals surface area contributed by atoms with Gasteiger partial charge in [0.1, 0.15) is 0 Å². The maximum absolute atomic E-state index is 5.01. The van der Waals surface area contributed by atoms with Gasteiger partial charge in [-0.15, -0.1) is 0 Å². The van der Waals surface area contributed by atoms with Crippen LogP contribution in [0.2, 0.25) is 0 Å². The van der Waals surface area contributed by atoms with Crippen molar-refractivity contribution in [2.24, 2.45) is 0 Å². The zero-order chi connectivity index (χ0) is 19.4. The molecule has 5 rings (SSSR count). The van der Waals surface area contributed by atoms with E-state index in [-0.39, 0.29) is 0 Å². The Balaban J connectivity index is 1.94. The number of hydrogen-bond donors (Lipinski definition) is 3. The molecule has 4 heteroatoms. The Kier molecular flexibility index (Phi) is 3.83. The summed E-state index contributed by atoms with van der Waals surface area (Å²) in [5.74, 6) is 0. The molecular formula is C24H26N4. The smallest absolute Gasteiger partial charge is 0.0460 e. The van der Waals surface area contributed by atoms with E-state index in [9.17, 15) is 0 Å². The number of fused-ring (bicyclic) bond motifs is 8. The second-order valence-electron chi connectivity index (χ2n) is 8.01. The summed E-state index contributed by atoms with van der Waals surface area (Å²) in [6, 6.07) is 11.0. The van der Waals surface area contributed by atoms with Gasteiger partial charge >= 0.3 is 0 Å². The first-order valence-corrected chi connectivity index (χ1v) is 10.0. The Morgan fingerprint density at radius 1 is 0.679 bits per heavy atom. The highest BCUT2D eigenvalue weighted by Crippen LogP contribution is 2.28. The first-order valence-electron chi connectivity index (χ1n) is 10.0. The maximum Gasteiger partial charge on any atom is 0.0460 e. The molecule has 8 bridgehead atoms. The van der Waals surface area contributed by atoms with Crippen LogP contribution >= 0.6 is 0 Å². The normalized spacial score (nSPS) is 13.6. The van der Waals surface area contributed by atoms with Crippen LogP contribution in [0, 0.1) is 27.7 Å². The predicted octanol–water partition coefficient (Wildman–Crippen LogP) is 5.55. The summed E-state index contributed by atoms with van der Waals surface area (Å²) in [7, 11) is 0. The van der Waals surface area contributed by atoms with Crippen LogP contribution in [0.1, 0.15) is 39.2 Å². The largest absolute Gasteiger partial charge is 0.381 e. The average molecular weight is 371 g/mol. The lowest BCUT2D eigenvalue weighted by Crippen LogP contribution is -1.95. The van der Waals surface area contributed by atoms with Gasteiger partial charge in [-0.3, -0.25) is 4.98 Å². The van der Waals surface area contributed by atoms with Gasteiger partial charge in [-0.2, -0.15) is 0 Å². The number of nitrogens with zero attached hydrogens (tertiary/aromatic N) is 1. The van der Waals surface area contributed by atoms with Crippen LogP contribution in [0.25, 0.3) is 22.1 Å². The highest BCUT2D eigenvalue weighted by atomic mass is 14.9. The van der Waals surface area contributed by atoms with Crippen LogP contribution in [0.3, 0.4) is 0 Å². The van der Waals surface area contributed by atoms with Crippen molar-refractivity contribution in [3.8, 4) is 0 Å². The monoisotopic (exact) mass is 370 g/mol. The van der Waals surface area contributed by atoms with E-state index in [0.29, 0.717) is 0 Å². The Hall–Kier alpha value is -3.01. The lowest BCUT2D eigenvalue weighted by Gasteiger charge is -2.01. The van der Waals surface area contributed by atoms with Crippen LogP contribution in [0.4, 0.5) is 5.69 Å². The number of anilines is 1. The quantitative estimate of drug-likeness (QED) is 0.486. The first kappa shape index (κ1) is 17.1. The second kappa shape index (κ2) is 6.26. The van der Waals surface area contributed by atoms with Gasteiger partial charge in [-0.25, -0.2) is 0 Å². The molecule has 3 aromatic rings. The first-order chi connectivity index (χ1) is 13.5. The molecule has 0 atom stereocenters. The Bertz CT molecular complexity index is 1160. The zero-order valence-electron chi connectivity index (χ0n) is 17.0. The minimum atomic E-state index is 0.865. The Morgan fingerprint density at radius 3 is 1.86 bits per heavy atom. The zero-order valence-corrected chi connectivity index (χ0v) is 17.0. The molecular weight excluding hydrogens is 344 g/mol. The van der Waals surface area contributed by atoms with E-state index in [0.717, 1.165) is 35.9 Å². The van der Waals surface area contributed by atoms with Crippen LogP contribution < -0.4 is 5.32 Å². The topological polar surface area (TPSA) is 56.5 Å². The van der Waals surface area contributed by atoms with Crippen LogP contribution in [-0.2, 0) is 19.4 Å². The van der Waals surface area contributed by atoms with Crippen LogP contribution in [-0.4, -0.2) is 15.0 Å². The number of rotatable bonds is 0. The van der Waals surface area contributed by atoms with Crippen molar-refractivity contribution >= 4 is 27.8 Å². The molecule has 0 saturated heterocycles. The number of hydrogen-bond acceptors (Lipinski definition) is 2. The summed E-state index contributed by atoms with van der Waals surface area (Å²) in [6.07, 6.45) is 2.01. The number of aromatic amines is 2. The summed E-state index contributed by atoms with van der Waals surface area (Å²) >= 11 is 0. The minimum absolute atomic E-state index is 0.865. The molecule has 3 N–H and O–H groups in total. The molecule has 2 aliphatic heterocycles. The van der Waals surface area contributed by atoms with Crippen LogP contribution in [0.15, 0.2) is 30.3 Å². The molecule has 0 fully saturated rings. The fourth-order valence-corrected chi connectivity index (χ4v) is 4.30. The summed E-state index contributed by atoms with van der Waals surface area (Å²) in [4.78, 5) is 12.2. The number of aromatic nitrogens is 3. The second-order valence-corrected chi connectivity index (χ2v) is 8.01. The van der Waals surface area contributed by atoms with Gasteiger partial charge in [0, 0.05) is 45.7 Å². The summed E-state index contributed by atoms with van der Waals surface area (Å²) in [5.41, 5.74) is 14.6. The van der Waals surface area contributed by atoms with Crippen molar-refractivity contribution in [2.45, 2.75) is 47.1 Å². The molecule has 0 unspecified atom stereocenters. The standard InChI is InChI=1S/C24H26N4/c1-13-17-11-24(25-12-17)16(4)23-10-9-22(28-23)15(3)21-8-7-20(27-21)14(2)19-6-5-18(13)26-19/h5-8,11,25-27H,9-10,12H2,1-4H3. The van der Waals surface area contributed by atoms with Crippen molar-refractivity contribution in [2.75, 3.05) is 5.32 Å². The third-order valence-corrected chi connectivity index (χ3v) is 6.40. The van der Waals surface area contributed by atoms with E-state index in [2.05, 4.69) is 73.3 Å². The SMILES string of the molecule is Cc1c2cc(c(C)c3ccc([nH]3)c(C)c3ccc([nH]3)c(C)c3nc1CC3)CN2. The van der Waals surface area contributed by atoms with Gasteiger partial charge in [-0.05, 0) is 98.7 Å². The molecule has 0 aliphatic carbocycles. The van der Waals surface area contributed by atoms with E-state index in [1.165, 1.54) is 50.4 Å². The van der Waals surface area contributed by atoms with Crippen molar-refractivity contribution in [1.29, 1.82) is 0 Å². The van der Waals surface area contributed by atoms with Gasteiger partial charge in [0.05, 0.1) is 0 Å². The van der Waals surface area contributed by atoms with E-state index in [4.69, 9.17) is 4.98 Å². The molecule has 2 aliphatic rings. The summed E-state index contributed by atoms with van der Waals surface area (Å²) in [5, 5.41) is 3.58. The van der Waals surface area contributed by atoms with Crippen molar-refractivity contribution in [3.63, 3.8) is 0 Å². The molecule has 0 aromatic carbocycles. The van der Waals surface area contributed by atoms with E-state index >= 15 is 0 Å². The van der Waals surface area contributed by atoms with Gasteiger partial charge in [0.15, 0.2) is 0 Å². The minimum Gasteiger partial charge on any atom is -0.381 e. The van der Waals surface area contributed by atoms with Gasteiger partial charge in [-0.1, -0.05) is 0 Å². The maximum atomic E-state index is 5.01. The van der Waals surface area contributed by atoms with Gasteiger partial charge in [0.2, 0.25) is 0 Å². The number of nitrogens with one attached hydrogen (secondary N) is 3. The molecule has 4 nitrogen and oxygen atoms in total. The average Bonchev–Trinajstić information content (AvgIpc) is 3.49. The molecule has 0 radical (unpaired) electrons. The fourth-order valence-electron chi connectivity index (χ4n) is 4.30. The molecule has 142 valence electrons. The van der Waals surface area contributed by atoms with Crippen molar-refractivity contribution in [1.82, 2.24) is 15.0 Å². The van der Waals surface area contributed by atoms with E-state index < -0.39 is 0 Å². The van der Waals surface area contributed by atoms with Crippen molar-refractivity contribution < 1.29 is 0 Å². The Labute approximate surface area is 165 Å².